The molecule has 10 nitrogen and oxygen atoms in total. The monoisotopic (exact) mass is 424 g/mol. The molecule has 1 amide bonds. The molecule has 0 saturated carbocycles. The normalized spacial score (nSPS) is 15.9. The largest absolute Gasteiger partial charge is 0.454 e. The van der Waals surface area contributed by atoms with Gasteiger partial charge in [0.1, 0.15) is 0 Å². The third kappa shape index (κ3) is 23.8. The van der Waals surface area contributed by atoms with Gasteiger partial charge < -0.3 is 19.7 Å². The number of rotatable bonds is 2. The number of carbonyl (C=O) groups excluding carboxylic acids is 6. The molecule has 0 aromatic rings. The molecule has 2 rings (SSSR count). The van der Waals surface area contributed by atoms with Crippen molar-refractivity contribution in [1.82, 2.24) is 10.2 Å². The molecular formula is C17H29ClN2O8. The molecule has 162 valence electrons. The Morgan fingerprint density at radius 2 is 1.46 bits per heavy atom. The van der Waals surface area contributed by atoms with E-state index in [-0.39, 0.29) is 18.4 Å². The smallest absolute Gasteiger partial charge is 0.409 e. The highest BCUT2D eigenvalue weighted by molar-refractivity contribution is 6.61. The summed E-state index contributed by atoms with van der Waals surface area (Å²) in [6.45, 7) is 9.77. The van der Waals surface area contributed by atoms with E-state index < -0.39 is 5.43 Å². The lowest BCUT2D eigenvalue weighted by Crippen LogP contribution is -2.34. The van der Waals surface area contributed by atoms with Gasteiger partial charge in [-0.1, -0.05) is 0 Å². The number of ether oxygens (including phenoxy) is 2. The zero-order valence-electron chi connectivity index (χ0n) is 16.5. The van der Waals surface area contributed by atoms with Gasteiger partial charge in [-0.05, 0) is 59.5 Å². The number of hydrogen-bond donors (Lipinski definition) is 1. The fourth-order valence-electron chi connectivity index (χ4n) is 2.15. The molecule has 1 N–H and O–H groups in total. The number of nitrogens with one attached hydrogen (secondary N) is 1. The topological polar surface area (TPSA) is 136 Å². The summed E-state index contributed by atoms with van der Waals surface area (Å²) in [4.78, 5) is 55.0. The van der Waals surface area contributed by atoms with E-state index >= 15 is 0 Å². The summed E-state index contributed by atoms with van der Waals surface area (Å²) >= 11 is 4.72. The number of hydrogen-bond acceptors (Lipinski definition) is 9. The van der Waals surface area contributed by atoms with Crippen LogP contribution in [0, 0.1) is 0 Å². The Morgan fingerprint density at radius 1 is 1.00 bits per heavy atom. The Kier molecular flexibility index (Phi) is 26.9. The fraction of sp³-hybridized carbons (Fsp3) is 0.765. The van der Waals surface area contributed by atoms with Crippen LogP contribution in [-0.2, 0) is 28.7 Å². The summed E-state index contributed by atoms with van der Waals surface area (Å²) < 4.78 is 9.05. The van der Waals surface area contributed by atoms with Gasteiger partial charge in [-0.3, -0.25) is 0 Å². The van der Waals surface area contributed by atoms with Crippen LogP contribution in [0.1, 0.15) is 46.5 Å². The Hall–Kier alpha value is -2.25. The number of nitrogens with zero attached hydrogens (tertiary/aromatic N) is 1. The van der Waals surface area contributed by atoms with Crippen LogP contribution in [0.4, 0.5) is 9.59 Å². The van der Waals surface area contributed by atoms with Crippen LogP contribution in [0.25, 0.3) is 0 Å². The van der Waals surface area contributed by atoms with Crippen LogP contribution in [0.5, 0.6) is 0 Å². The SMILES string of the molecule is C1CCNC1.CCOC(=O)Cl.CCOC(=O)N1CCC[C@@H]1C.O=C=O.O=C=O. The first-order valence-corrected chi connectivity index (χ1v) is 9.18. The van der Waals surface area contributed by atoms with Gasteiger partial charge in [-0.2, -0.15) is 19.2 Å². The van der Waals surface area contributed by atoms with E-state index in [2.05, 4.69) is 17.0 Å². The maximum Gasteiger partial charge on any atom is 0.409 e. The van der Waals surface area contributed by atoms with Crippen LogP contribution in [0.3, 0.4) is 0 Å². The highest BCUT2D eigenvalue weighted by atomic mass is 35.5. The van der Waals surface area contributed by atoms with Gasteiger partial charge in [-0.15, -0.1) is 0 Å². The van der Waals surface area contributed by atoms with Gasteiger partial charge in [0.25, 0.3) is 0 Å². The third-order valence-corrected chi connectivity index (χ3v) is 3.38. The van der Waals surface area contributed by atoms with E-state index in [1.165, 1.54) is 25.9 Å². The fourth-order valence-corrected chi connectivity index (χ4v) is 2.26. The van der Waals surface area contributed by atoms with Crippen molar-refractivity contribution in [1.29, 1.82) is 0 Å². The first-order chi connectivity index (χ1) is 13.4. The second-order valence-electron chi connectivity index (χ2n) is 5.18. The van der Waals surface area contributed by atoms with E-state index in [0.29, 0.717) is 19.3 Å². The molecule has 0 aromatic heterocycles. The summed E-state index contributed by atoms with van der Waals surface area (Å²) in [6, 6.07) is 0.369. The van der Waals surface area contributed by atoms with Crippen LogP contribution in [0.15, 0.2) is 0 Å². The predicted molar refractivity (Wildman–Crippen MR) is 97.4 cm³/mol. The summed E-state index contributed by atoms with van der Waals surface area (Å²) in [5, 5.41) is 3.22. The second kappa shape index (κ2) is 24.8. The zero-order chi connectivity index (χ0) is 22.2. The minimum absolute atomic E-state index is 0.155. The standard InChI is InChI=1S/C8H15NO2.C4H9N.C3H5ClO2.2CO2/c1-3-11-8(10)9-6-4-5-7(9)2;1-2-4-5-3-1;1-2-6-3(4)5;2*2-1-3/h7H,3-6H2,1-2H3;5H,1-4H2;2H2,1H3;;/t7-;;;;/m0..../s1. The van der Waals surface area contributed by atoms with Crippen molar-refractivity contribution in [2.75, 3.05) is 32.8 Å². The van der Waals surface area contributed by atoms with Crippen molar-refractivity contribution in [3.8, 4) is 0 Å². The lowest BCUT2D eigenvalue weighted by Gasteiger charge is -2.19. The molecule has 0 aliphatic carbocycles. The highest BCUT2D eigenvalue weighted by Gasteiger charge is 2.25. The molecule has 1 atom stereocenters. The Bertz CT molecular complexity index is 440. The lowest BCUT2D eigenvalue weighted by atomic mass is 10.2. The van der Waals surface area contributed by atoms with E-state index in [1.807, 2.05) is 6.92 Å². The highest BCUT2D eigenvalue weighted by Crippen LogP contribution is 2.16. The van der Waals surface area contributed by atoms with E-state index in [4.69, 9.17) is 35.5 Å². The number of likely N-dealkylation sites (tertiary alicyclic amines) is 1. The molecule has 0 aromatic carbocycles. The predicted octanol–water partition coefficient (Wildman–Crippen LogP) is 2.21. The third-order valence-electron chi connectivity index (χ3n) is 3.27. The molecule has 2 saturated heterocycles. The van der Waals surface area contributed by atoms with E-state index in [0.717, 1.165) is 19.4 Å². The molecule has 0 unspecified atom stereocenters. The molecule has 11 heteroatoms. The van der Waals surface area contributed by atoms with Crippen LogP contribution >= 0.6 is 11.6 Å². The van der Waals surface area contributed by atoms with Gasteiger partial charge in [0.15, 0.2) is 0 Å². The second-order valence-corrected chi connectivity index (χ2v) is 5.49. The van der Waals surface area contributed by atoms with Crippen LogP contribution in [0.2, 0.25) is 0 Å². The van der Waals surface area contributed by atoms with Crippen molar-refractivity contribution >= 4 is 35.4 Å². The molecule has 2 fully saturated rings. The number of amides is 1. The lowest BCUT2D eigenvalue weighted by molar-refractivity contribution is -0.193. The van der Waals surface area contributed by atoms with Crippen LogP contribution in [-0.4, -0.2) is 67.6 Å². The Morgan fingerprint density at radius 3 is 1.68 bits per heavy atom. The first-order valence-electron chi connectivity index (χ1n) is 8.80. The van der Waals surface area contributed by atoms with Crippen molar-refractivity contribution < 1.29 is 38.2 Å². The molecule has 0 bridgehead atoms. The molecule has 0 spiro atoms. The summed E-state index contributed by atoms with van der Waals surface area (Å²) in [5.41, 5.74) is -0.738. The number of carbonyl (C=O) groups is 2. The minimum Gasteiger partial charge on any atom is -0.454 e. The van der Waals surface area contributed by atoms with Crippen molar-refractivity contribution in [2.24, 2.45) is 0 Å². The average Bonchev–Trinajstić information content (AvgIpc) is 3.31. The molecule has 2 heterocycles. The number of halogens is 1. The molecule has 2 aliphatic rings. The first kappa shape index (κ1) is 30.5. The molecular weight excluding hydrogens is 396 g/mol. The van der Waals surface area contributed by atoms with E-state index in [9.17, 15) is 9.59 Å². The van der Waals surface area contributed by atoms with E-state index in [1.54, 1.807) is 11.8 Å². The van der Waals surface area contributed by atoms with Crippen molar-refractivity contribution in [2.45, 2.75) is 52.5 Å². The van der Waals surface area contributed by atoms with Crippen molar-refractivity contribution in [3.05, 3.63) is 0 Å². The maximum atomic E-state index is 11.2. The molecule has 28 heavy (non-hydrogen) atoms. The maximum absolute atomic E-state index is 11.2. The molecule has 2 aliphatic heterocycles. The quantitative estimate of drug-likeness (QED) is 0.661. The average molecular weight is 425 g/mol. The van der Waals surface area contributed by atoms with Gasteiger partial charge >= 0.3 is 23.8 Å². The Labute approximate surface area is 169 Å². The Balaban J connectivity index is -0.000000313. The minimum atomic E-state index is -0.738. The van der Waals surface area contributed by atoms with Gasteiger partial charge in [-0.25, -0.2) is 9.59 Å². The van der Waals surface area contributed by atoms with Crippen molar-refractivity contribution in [3.63, 3.8) is 0 Å². The van der Waals surface area contributed by atoms with Gasteiger partial charge in [0, 0.05) is 24.2 Å². The summed E-state index contributed by atoms with van der Waals surface area (Å²) in [7, 11) is 0. The summed E-state index contributed by atoms with van der Waals surface area (Å²) in [5.74, 6) is 0. The zero-order valence-corrected chi connectivity index (χ0v) is 17.3. The van der Waals surface area contributed by atoms with Gasteiger partial charge in [0.05, 0.1) is 13.2 Å². The van der Waals surface area contributed by atoms with Gasteiger partial charge in [0.2, 0.25) is 0 Å². The summed E-state index contributed by atoms with van der Waals surface area (Å²) in [6.07, 6.45) is 5.34. The van der Waals surface area contributed by atoms with Crippen LogP contribution < -0.4 is 5.32 Å². The molecule has 0 radical (unpaired) electrons.